The molecule has 0 aliphatic rings. The summed E-state index contributed by atoms with van der Waals surface area (Å²) >= 11 is 0. The second kappa shape index (κ2) is 2.37. The lowest BCUT2D eigenvalue weighted by Gasteiger charge is -1.96. The molecule has 2 rings (SSSR count). The molecule has 2 heterocycles. The molecule has 12 heavy (non-hydrogen) atoms. The molecule has 60 valence electrons. The Morgan fingerprint density at radius 2 is 2.17 bits per heavy atom. The van der Waals surface area contributed by atoms with Gasteiger partial charge in [0.2, 0.25) is 5.91 Å². The Hall–Kier alpha value is -1.77. The number of nitrogens with two attached hydrogens (primary N) is 1. The number of amides is 1. The molecule has 0 spiro atoms. The van der Waals surface area contributed by atoms with E-state index in [0.717, 1.165) is 5.52 Å². The predicted molar refractivity (Wildman–Crippen MR) is 45.9 cm³/mol. The molecule has 1 amide bonds. The summed E-state index contributed by atoms with van der Waals surface area (Å²) in [5.41, 5.74) is 6.65. The predicted octanol–water partition coefficient (Wildman–Crippen LogP) is 1.04. The fraction of sp³-hybridized carbons (Fsp3) is 0. The first-order valence-corrected chi connectivity index (χ1v) is 3.64. The van der Waals surface area contributed by atoms with Gasteiger partial charge in [0.25, 0.3) is 0 Å². The molecule has 0 aliphatic carbocycles. The first-order chi connectivity index (χ1) is 5.77. The van der Waals surface area contributed by atoms with Crippen molar-refractivity contribution in [3.05, 3.63) is 42.2 Å². The number of pyridine rings is 1. The average Bonchev–Trinajstić information content (AvgIpc) is 2.49. The average molecular weight is 160 g/mol. The zero-order chi connectivity index (χ0) is 8.55. The molecule has 0 saturated heterocycles. The Bertz CT molecular complexity index is 431. The van der Waals surface area contributed by atoms with Crippen molar-refractivity contribution in [1.82, 2.24) is 4.40 Å². The quantitative estimate of drug-likeness (QED) is 0.665. The normalized spacial score (nSPS) is 10.3. The van der Waals surface area contributed by atoms with Crippen LogP contribution in [0.2, 0.25) is 0 Å². The zero-order valence-corrected chi connectivity index (χ0v) is 6.40. The van der Waals surface area contributed by atoms with Gasteiger partial charge in [0.1, 0.15) is 0 Å². The Kier molecular flexibility index (Phi) is 1.37. The Balaban J connectivity index is 2.68. The molecule has 0 atom stereocenters. The standard InChI is InChI=1S/C9H8N2O/c10-9(12)7-3-5-11-4-1-2-8(11)6-7/h1-6H,(H2,10,12). The molecule has 0 fully saturated rings. The summed E-state index contributed by atoms with van der Waals surface area (Å²) in [7, 11) is 0. The SMILES string of the molecule is NC(=O)c1ccn2cccc2c1. The maximum Gasteiger partial charge on any atom is 0.248 e. The van der Waals surface area contributed by atoms with Crippen LogP contribution in [-0.2, 0) is 0 Å². The van der Waals surface area contributed by atoms with E-state index >= 15 is 0 Å². The van der Waals surface area contributed by atoms with Crippen LogP contribution in [0, 0.1) is 0 Å². The number of carbonyl (C=O) groups is 1. The van der Waals surface area contributed by atoms with Gasteiger partial charge < -0.3 is 10.1 Å². The Morgan fingerprint density at radius 1 is 1.33 bits per heavy atom. The highest BCUT2D eigenvalue weighted by Gasteiger charge is 1.99. The van der Waals surface area contributed by atoms with Crippen molar-refractivity contribution in [3.8, 4) is 0 Å². The number of rotatable bonds is 1. The molecule has 2 N–H and O–H groups in total. The second-order valence-electron chi connectivity index (χ2n) is 2.62. The monoisotopic (exact) mass is 160 g/mol. The summed E-state index contributed by atoms with van der Waals surface area (Å²) < 4.78 is 1.92. The van der Waals surface area contributed by atoms with Crippen LogP contribution in [-0.4, -0.2) is 10.3 Å². The highest BCUT2D eigenvalue weighted by Crippen LogP contribution is 2.06. The Morgan fingerprint density at radius 3 is 2.92 bits per heavy atom. The summed E-state index contributed by atoms with van der Waals surface area (Å²) in [5, 5.41) is 0. The lowest BCUT2D eigenvalue weighted by molar-refractivity contribution is 0.100. The maximum atomic E-state index is 10.8. The molecule has 0 radical (unpaired) electrons. The van der Waals surface area contributed by atoms with Crippen LogP contribution in [0.4, 0.5) is 0 Å². The fourth-order valence-electron chi connectivity index (χ4n) is 1.19. The lowest BCUT2D eigenvalue weighted by atomic mass is 10.2. The van der Waals surface area contributed by atoms with Gasteiger partial charge in [-0.15, -0.1) is 0 Å². The third kappa shape index (κ3) is 0.955. The Labute approximate surface area is 69.4 Å². The highest BCUT2D eigenvalue weighted by atomic mass is 16.1. The van der Waals surface area contributed by atoms with E-state index in [9.17, 15) is 4.79 Å². The van der Waals surface area contributed by atoms with Crippen molar-refractivity contribution in [3.63, 3.8) is 0 Å². The topological polar surface area (TPSA) is 47.5 Å². The van der Waals surface area contributed by atoms with Gasteiger partial charge in [0.15, 0.2) is 0 Å². The van der Waals surface area contributed by atoms with Crippen molar-refractivity contribution >= 4 is 11.4 Å². The van der Waals surface area contributed by atoms with Crippen molar-refractivity contribution in [2.45, 2.75) is 0 Å². The van der Waals surface area contributed by atoms with Gasteiger partial charge >= 0.3 is 0 Å². The van der Waals surface area contributed by atoms with E-state index in [-0.39, 0.29) is 0 Å². The van der Waals surface area contributed by atoms with Crippen molar-refractivity contribution in [1.29, 1.82) is 0 Å². The molecule has 3 heteroatoms. The zero-order valence-electron chi connectivity index (χ0n) is 6.40. The van der Waals surface area contributed by atoms with Gasteiger partial charge in [0.05, 0.1) is 0 Å². The summed E-state index contributed by atoms with van der Waals surface area (Å²) in [6.07, 6.45) is 3.73. The van der Waals surface area contributed by atoms with Crippen LogP contribution in [0.25, 0.3) is 5.52 Å². The molecule has 0 unspecified atom stereocenters. The molecule has 3 nitrogen and oxygen atoms in total. The van der Waals surface area contributed by atoms with E-state index in [1.54, 1.807) is 12.1 Å². The third-order valence-corrected chi connectivity index (χ3v) is 1.81. The van der Waals surface area contributed by atoms with E-state index in [2.05, 4.69) is 0 Å². The van der Waals surface area contributed by atoms with Crippen LogP contribution in [0.3, 0.4) is 0 Å². The minimum absolute atomic E-state index is 0.390. The largest absolute Gasteiger partial charge is 0.366 e. The number of fused-ring (bicyclic) bond motifs is 1. The summed E-state index contributed by atoms with van der Waals surface area (Å²) in [4.78, 5) is 10.8. The minimum Gasteiger partial charge on any atom is -0.366 e. The molecule has 0 bridgehead atoms. The van der Waals surface area contributed by atoms with Gasteiger partial charge in [-0.2, -0.15) is 0 Å². The molecule has 2 aromatic rings. The fourth-order valence-corrected chi connectivity index (χ4v) is 1.19. The molecule has 0 aromatic carbocycles. The maximum absolute atomic E-state index is 10.8. The third-order valence-electron chi connectivity index (χ3n) is 1.81. The number of hydrogen-bond donors (Lipinski definition) is 1. The highest BCUT2D eigenvalue weighted by molar-refractivity contribution is 5.93. The summed E-state index contributed by atoms with van der Waals surface area (Å²) in [6.45, 7) is 0. The van der Waals surface area contributed by atoms with Gasteiger partial charge in [0, 0.05) is 23.5 Å². The van der Waals surface area contributed by atoms with Gasteiger partial charge in [-0.1, -0.05) is 0 Å². The minimum atomic E-state index is -0.390. The summed E-state index contributed by atoms with van der Waals surface area (Å²) in [5.74, 6) is -0.390. The van der Waals surface area contributed by atoms with Crippen molar-refractivity contribution in [2.75, 3.05) is 0 Å². The van der Waals surface area contributed by atoms with Crippen LogP contribution < -0.4 is 5.73 Å². The van der Waals surface area contributed by atoms with E-state index in [4.69, 9.17) is 5.73 Å². The van der Waals surface area contributed by atoms with Crippen LogP contribution >= 0.6 is 0 Å². The van der Waals surface area contributed by atoms with E-state index in [1.807, 2.05) is 28.9 Å². The van der Waals surface area contributed by atoms with Crippen LogP contribution in [0.1, 0.15) is 10.4 Å². The number of primary amides is 1. The first kappa shape index (κ1) is 6.91. The summed E-state index contributed by atoms with van der Waals surface area (Å²) in [6, 6.07) is 7.31. The molecular weight excluding hydrogens is 152 g/mol. The van der Waals surface area contributed by atoms with Gasteiger partial charge in [-0.25, -0.2) is 0 Å². The molecule has 0 aliphatic heterocycles. The first-order valence-electron chi connectivity index (χ1n) is 3.64. The second-order valence-corrected chi connectivity index (χ2v) is 2.62. The van der Waals surface area contributed by atoms with Gasteiger partial charge in [-0.05, 0) is 24.3 Å². The molecular formula is C9H8N2O. The van der Waals surface area contributed by atoms with Crippen molar-refractivity contribution in [2.24, 2.45) is 5.73 Å². The number of hydrogen-bond acceptors (Lipinski definition) is 1. The lowest BCUT2D eigenvalue weighted by Crippen LogP contribution is -2.10. The van der Waals surface area contributed by atoms with Crippen LogP contribution in [0.5, 0.6) is 0 Å². The van der Waals surface area contributed by atoms with E-state index in [0.29, 0.717) is 5.56 Å². The number of nitrogens with zero attached hydrogens (tertiary/aromatic N) is 1. The number of carbonyl (C=O) groups excluding carboxylic acids is 1. The van der Waals surface area contributed by atoms with Crippen molar-refractivity contribution < 1.29 is 4.79 Å². The number of aromatic nitrogens is 1. The van der Waals surface area contributed by atoms with Gasteiger partial charge in [-0.3, -0.25) is 4.79 Å². The van der Waals surface area contributed by atoms with E-state index < -0.39 is 5.91 Å². The van der Waals surface area contributed by atoms with E-state index in [1.165, 1.54) is 0 Å². The smallest absolute Gasteiger partial charge is 0.248 e. The molecule has 0 saturated carbocycles. The van der Waals surface area contributed by atoms with Crippen LogP contribution in [0.15, 0.2) is 36.7 Å². The molecule has 2 aromatic heterocycles.